The maximum absolute atomic E-state index is 11.9. The molecule has 6 nitrogen and oxygen atoms in total. The molecular weight excluding hydrogens is 268 g/mol. The number of nitrogens with zero attached hydrogens (tertiary/aromatic N) is 2. The number of anilines is 2. The van der Waals surface area contributed by atoms with Gasteiger partial charge in [-0.2, -0.15) is 0 Å². The summed E-state index contributed by atoms with van der Waals surface area (Å²) in [5.74, 6) is 0.140. The fourth-order valence-corrected chi connectivity index (χ4v) is 1.75. The van der Waals surface area contributed by atoms with Gasteiger partial charge in [0.05, 0.1) is 6.61 Å². The fourth-order valence-electron chi connectivity index (χ4n) is 1.75. The Kier molecular flexibility index (Phi) is 5.22. The van der Waals surface area contributed by atoms with Gasteiger partial charge in [0.15, 0.2) is 0 Å². The van der Waals surface area contributed by atoms with Crippen LogP contribution in [-0.2, 0) is 4.74 Å². The van der Waals surface area contributed by atoms with Crippen LogP contribution in [-0.4, -0.2) is 36.1 Å². The number of rotatable bonds is 6. The molecule has 1 amide bonds. The second-order valence-corrected chi connectivity index (χ2v) is 4.51. The summed E-state index contributed by atoms with van der Waals surface area (Å²) in [6, 6.07) is 9.42. The van der Waals surface area contributed by atoms with Crippen LogP contribution in [0.15, 0.2) is 36.5 Å². The molecule has 21 heavy (non-hydrogen) atoms. The number of carbonyl (C=O) groups excluding carboxylic acids is 1. The molecule has 0 unspecified atom stereocenters. The molecule has 2 N–H and O–H groups in total. The summed E-state index contributed by atoms with van der Waals surface area (Å²) in [6.07, 6.45) is 1.55. The summed E-state index contributed by atoms with van der Waals surface area (Å²) < 4.78 is 4.88. The second-order valence-electron chi connectivity index (χ2n) is 4.51. The Labute approximate surface area is 123 Å². The fraction of sp³-hybridized carbons (Fsp3) is 0.267. The molecule has 2 aromatic rings. The van der Waals surface area contributed by atoms with Gasteiger partial charge in [0, 0.05) is 25.5 Å². The zero-order valence-electron chi connectivity index (χ0n) is 12.1. The van der Waals surface area contributed by atoms with E-state index in [1.54, 1.807) is 19.4 Å². The standard InChI is InChI=1S/C15H18N4O2/c1-11-4-3-5-12(10-11)18-15-17-7-6-13(19-15)14(20)16-8-9-21-2/h3-7,10H,8-9H2,1-2H3,(H,16,20)(H,17,18,19). The monoisotopic (exact) mass is 286 g/mol. The van der Waals surface area contributed by atoms with Crippen LogP contribution in [0.4, 0.5) is 11.6 Å². The predicted molar refractivity (Wildman–Crippen MR) is 80.7 cm³/mol. The first-order valence-electron chi connectivity index (χ1n) is 6.63. The molecule has 0 spiro atoms. The molecule has 1 aromatic heterocycles. The summed E-state index contributed by atoms with van der Waals surface area (Å²) in [5, 5.41) is 5.80. The van der Waals surface area contributed by atoms with E-state index < -0.39 is 0 Å². The van der Waals surface area contributed by atoms with Gasteiger partial charge in [-0.05, 0) is 30.7 Å². The third kappa shape index (κ3) is 4.54. The minimum absolute atomic E-state index is 0.248. The van der Waals surface area contributed by atoms with Gasteiger partial charge in [-0.25, -0.2) is 9.97 Å². The Morgan fingerprint density at radius 2 is 2.19 bits per heavy atom. The van der Waals surface area contributed by atoms with E-state index in [2.05, 4.69) is 20.6 Å². The smallest absolute Gasteiger partial charge is 0.270 e. The second kappa shape index (κ2) is 7.35. The molecule has 0 radical (unpaired) electrons. The van der Waals surface area contributed by atoms with Crippen LogP contribution >= 0.6 is 0 Å². The first kappa shape index (κ1) is 14.9. The highest BCUT2D eigenvalue weighted by atomic mass is 16.5. The van der Waals surface area contributed by atoms with Crippen molar-refractivity contribution in [3.8, 4) is 0 Å². The highest BCUT2D eigenvalue weighted by Crippen LogP contribution is 2.14. The molecule has 0 aliphatic rings. The van der Waals surface area contributed by atoms with Crippen LogP contribution in [0.2, 0.25) is 0 Å². The molecule has 0 bridgehead atoms. The molecule has 0 saturated carbocycles. The lowest BCUT2D eigenvalue weighted by Crippen LogP contribution is -2.27. The summed E-state index contributed by atoms with van der Waals surface area (Å²) in [4.78, 5) is 20.2. The Morgan fingerprint density at radius 3 is 2.95 bits per heavy atom. The van der Waals surface area contributed by atoms with Crippen molar-refractivity contribution < 1.29 is 9.53 Å². The van der Waals surface area contributed by atoms with Gasteiger partial charge in [-0.1, -0.05) is 12.1 Å². The van der Waals surface area contributed by atoms with Gasteiger partial charge in [0.1, 0.15) is 5.69 Å². The molecule has 2 rings (SSSR count). The Morgan fingerprint density at radius 1 is 1.33 bits per heavy atom. The Bertz CT molecular complexity index is 616. The van der Waals surface area contributed by atoms with E-state index in [-0.39, 0.29) is 5.91 Å². The quantitative estimate of drug-likeness (QED) is 0.793. The van der Waals surface area contributed by atoms with Crippen molar-refractivity contribution in [1.82, 2.24) is 15.3 Å². The van der Waals surface area contributed by atoms with Crippen molar-refractivity contribution in [3.05, 3.63) is 47.8 Å². The van der Waals surface area contributed by atoms with Crippen molar-refractivity contribution in [2.24, 2.45) is 0 Å². The average molecular weight is 286 g/mol. The minimum atomic E-state index is -0.248. The number of aryl methyl sites for hydroxylation is 1. The van der Waals surface area contributed by atoms with Crippen LogP contribution in [0.5, 0.6) is 0 Å². The Balaban J connectivity index is 2.05. The van der Waals surface area contributed by atoms with E-state index in [9.17, 15) is 4.79 Å². The summed E-state index contributed by atoms with van der Waals surface area (Å²) in [6.45, 7) is 2.91. The minimum Gasteiger partial charge on any atom is -0.383 e. The molecule has 0 atom stereocenters. The number of methoxy groups -OCH3 is 1. The topological polar surface area (TPSA) is 76.1 Å². The predicted octanol–water partition coefficient (Wildman–Crippen LogP) is 1.90. The summed E-state index contributed by atoms with van der Waals surface area (Å²) in [5.41, 5.74) is 2.33. The first-order chi connectivity index (χ1) is 10.2. The van der Waals surface area contributed by atoms with Crippen LogP contribution < -0.4 is 10.6 Å². The third-order valence-corrected chi connectivity index (χ3v) is 2.75. The SMILES string of the molecule is COCCNC(=O)c1ccnc(Nc2cccc(C)c2)n1. The third-order valence-electron chi connectivity index (χ3n) is 2.75. The van der Waals surface area contributed by atoms with E-state index in [1.807, 2.05) is 31.2 Å². The van der Waals surface area contributed by atoms with Crippen LogP contribution in [0, 0.1) is 6.92 Å². The highest BCUT2D eigenvalue weighted by molar-refractivity contribution is 5.92. The van der Waals surface area contributed by atoms with Crippen LogP contribution in [0.1, 0.15) is 16.1 Å². The molecule has 1 aromatic carbocycles. The van der Waals surface area contributed by atoms with Crippen molar-refractivity contribution in [2.45, 2.75) is 6.92 Å². The first-order valence-corrected chi connectivity index (χ1v) is 6.63. The molecule has 0 aliphatic heterocycles. The van der Waals surface area contributed by atoms with Crippen LogP contribution in [0.25, 0.3) is 0 Å². The number of ether oxygens (including phenoxy) is 1. The summed E-state index contributed by atoms with van der Waals surface area (Å²) >= 11 is 0. The van der Waals surface area contributed by atoms with Crippen molar-refractivity contribution >= 4 is 17.5 Å². The number of carbonyl (C=O) groups is 1. The highest BCUT2D eigenvalue weighted by Gasteiger charge is 2.08. The summed E-state index contributed by atoms with van der Waals surface area (Å²) in [7, 11) is 1.58. The lowest BCUT2D eigenvalue weighted by molar-refractivity contribution is 0.0932. The molecular formula is C15H18N4O2. The van der Waals surface area contributed by atoms with Crippen molar-refractivity contribution in [2.75, 3.05) is 25.6 Å². The number of amides is 1. The normalized spacial score (nSPS) is 10.2. The molecule has 1 heterocycles. The average Bonchev–Trinajstić information content (AvgIpc) is 2.48. The van der Waals surface area contributed by atoms with E-state index in [1.165, 1.54) is 0 Å². The maximum atomic E-state index is 11.9. The Hall–Kier alpha value is -2.47. The molecule has 0 saturated heterocycles. The zero-order valence-corrected chi connectivity index (χ0v) is 12.1. The molecule has 0 fully saturated rings. The van der Waals surface area contributed by atoms with Crippen molar-refractivity contribution in [1.29, 1.82) is 0 Å². The maximum Gasteiger partial charge on any atom is 0.270 e. The number of benzene rings is 1. The number of hydrogen-bond acceptors (Lipinski definition) is 5. The van der Waals surface area contributed by atoms with Gasteiger partial charge >= 0.3 is 0 Å². The van der Waals surface area contributed by atoms with E-state index >= 15 is 0 Å². The van der Waals surface area contributed by atoms with Gasteiger partial charge in [0.2, 0.25) is 5.95 Å². The number of nitrogens with one attached hydrogen (secondary N) is 2. The van der Waals surface area contributed by atoms with Gasteiger partial charge in [-0.15, -0.1) is 0 Å². The molecule has 0 aliphatic carbocycles. The van der Waals surface area contributed by atoms with Gasteiger partial charge in [-0.3, -0.25) is 4.79 Å². The van der Waals surface area contributed by atoms with Gasteiger partial charge < -0.3 is 15.4 Å². The van der Waals surface area contributed by atoms with E-state index in [4.69, 9.17) is 4.74 Å². The number of hydrogen-bond donors (Lipinski definition) is 2. The molecule has 6 heteroatoms. The lowest BCUT2D eigenvalue weighted by Gasteiger charge is -2.07. The lowest BCUT2D eigenvalue weighted by atomic mass is 10.2. The number of aromatic nitrogens is 2. The van der Waals surface area contributed by atoms with E-state index in [0.29, 0.717) is 24.8 Å². The van der Waals surface area contributed by atoms with Crippen molar-refractivity contribution in [3.63, 3.8) is 0 Å². The largest absolute Gasteiger partial charge is 0.383 e. The van der Waals surface area contributed by atoms with Gasteiger partial charge in [0.25, 0.3) is 5.91 Å². The van der Waals surface area contributed by atoms with Crippen LogP contribution in [0.3, 0.4) is 0 Å². The zero-order chi connectivity index (χ0) is 15.1. The van der Waals surface area contributed by atoms with E-state index in [0.717, 1.165) is 11.3 Å². The molecule has 110 valence electrons.